The van der Waals surface area contributed by atoms with Crippen molar-refractivity contribution in [2.75, 3.05) is 0 Å². The van der Waals surface area contributed by atoms with Gasteiger partial charge in [0.25, 0.3) is 0 Å². The Morgan fingerprint density at radius 1 is 1.23 bits per heavy atom. The van der Waals surface area contributed by atoms with E-state index in [1.807, 2.05) is 0 Å². The van der Waals surface area contributed by atoms with E-state index in [1.165, 1.54) is 25.1 Å². The van der Waals surface area contributed by atoms with Crippen LogP contribution in [0, 0.1) is 6.92 Å². The fourth-order valence-electron chi connectivity index (χ4n) is 0.889. The van der Waals surface area contributed by atoms with Crippen molar-refractivity contribution in [3.63, 3.8) is 0 Å². The SMILES string of the molecule is Cc1ccccc1S(=O)C(F)(F)F. The van der Waals surface area contributed by atoms with Gasteiger partial charge in [0, 0.05) is 0 Å². The molecule has 0 amide bonds. The molecule has 0 N–H and O–H groups in total. The molecule has 0 saturated carbocycles. The van der Waals surface area contributed by atoms with Gasteiger partial charge in [0.15, 0.2) is 10.8 Å². The molecule has 0 spiro atoms. The Balaban J connectivity index is 3.10. The lowest BCUT2D eigenvalue weighted by Crippen LogP contribution is -2.16. The minimum Gasteiger partial charge on any atom is -0.245 e. The van der Waals surface area contributed by atoms with Crippen molar-refractivity contribution in [2.24, 2.45) is 0 Å². The zero-order valence-electron chi connectivity index (χ0n) is 6.76. The molecular weight excluding hydrogens is 201 g/mol. The van der Waals surface area contributed by atoms with Crippen molar-refractivity contribution < 1.29 is 17.4 Å². The van der Waals surface area contributed by atoms with Crippen LogP contribution in [0.5, 0.6) is 0 Å². The largest absolute Gasteiger partial charge is 0.475 e. The van der Waals surface area contributed by atoms with Crippen molar-refractivity contribution in [1.29, 1.82) is 0 Å². The molecule has 5 heteroatoms. The molecule has 1 rings (SSSR count). The Kier molecular flexibility index (Phi) is 2.75. The van der Waals surface area contributed by atoms with Gasteiger partial charge in [-0.15, -0.1) is 0 Å². The Hall–Kier alpha value is -0.840. The van der Waals surface area contributed by atoms with Gasteiger partial charge in [0.1, 0.15) is 0 Å². The molecule has 0 aliphatic carbocycles. The molecular formula is C8H7F3OS. The highest BCUT2D eigenvalue weighted by Crippen LogP contribution is 2.27. The molecule has 0 aliphatic heterocycles. The number of alkyl halides is 3. The molecule has 72 valence electrons. The summed E-state index contributed by atoms with van der Waals surface area (Å²) < 4.78 is 46.9. The molecule has 0 bridgehead atoms. The highest BCUT2D eigenvalue weighted by molar-refractivity contribution is 7.86. The zero-order valence-corrected chi connectivity index (χ0v) is 7.58. The third-order valence-corrected chi connectivity index (χ3v) is 2.78. The van der Waals surface area contributed by atoms with Crippen LogP contribution >= 0.6 is 0 Å². The number of hydrogen-bond acceptors (Lipinski definition) is 1. The Labute approximate surface area is 76.0 Å². The maximum Gasteiger partial charge on any atom is 0.475 e. The summed E-state index contributed by atoms with van der Waals surface area (Å²) in [6.07, 6.45) is 0. The summed E-state index contributed by atoms with van der Waals surface area (Å²) >= 11 is 0. The van der Waals surface area contributed by atoms with Crippen LogP contribution in [0.1, 0.15) is 5.56 Å². The molecule has 1 nitrogen and oxygen atoms in total. The lowest BCUT2D eigenvalue weighted by Gasteiger charge is -2.07. The number of hydrogen-bond donors (Lipinski definition) is 0. The first-order chi connectivity index (χ1) is 5.93. The predicted octanol–water partition coefficient (Wildman–Crippen LogP) is 2.62. The molecule has 13 heavy (non-hydrogen) atoms. The van der Waals surface area contributed by atoms with E-state index in [-0.39, 0.29) is 4.90 Å². The second kappa shape index (κ2) is 3.49. The summed E-state index contributed by atoms with van der Waals surface area (Å²) in [6.45, 7) is 1.50. The van der Waals surface area contributed by atoms with Crippen LogP contribution < -0.4 is 0 Å². The molecule has 0 saturated heterocycles. The third kappa shape index (κ3) is 2.30. The average molecular weight is 208 g/mol. The minimum absolute atomic E-state index is 0.171. The molecule has 1 unspecified atom stereocenters. The molecule has 0 radical (unpaired) electrons. The maximum atomic E-state index is 12.0. The van der Waals surface area contributed by atoms with E-state index in [2.05, 4.69) is 0 Å². The standard InChI is InChI=1S/C8H7F3OS/c1-6-4-2-3-5-7(6)13(12)8(9,10)11/h2-5H,1H3. The summed E-state index contributed by atoms with van der Waals surface area (Å²) in [4.78, 5) is -0.171. The number of benzene rings is 1. The summed E-state index contributed by atoms with van der Waals surface area (Å²) in [6, 6.07) is 5.76. The van der Waals surface area contributed by atoms with Crippen molar-refractivity contribution in [3.05, 3.63) is 29.8 Å². The topological polar surface area (TPSA) is 17.1 Å². The first-order valence-corrected chi connectivity index (χ1v) is 4.62. The quantitative estimate of drug-likeness (QED) is 0.693. The van der Waals surface area contributed by atoms with Gasteiger partial charge >= 0.3 is 5.51 Å². The smallest absolute Gasteiger partial charge is 0.245 e. The second-order valence-corrected chi connectivity index (χ2v) is 3.92. The van der Waals surface area contributed by atoms with Gasteiger partial charge in [0.05, 0.1) is 4.90 Å². The van der Waals surface area contributed by atoms with Gasteiger partial charge in [-0.3, -0.25) is 0 Å². The first-order valence-electron chi connectivity index (χ1n) is 3.47. The van der Waals surface area contributed by atoms with E-state index < -0.39 is 16.3 Å². The number of rotatable bonds is 1. The monoisotopic (exact) mass is 208 g/mol. The van der Waals surface area contributed by atoms with Crippen LogP contribution in [0.15, 0.2) is 29.2 Å². The first kappa shape index (κ1) is 10.2. The van der Waals surface area contributed by atoms with Gasteiger partial charge in [0.2, 0.25) is 0 Å². The maximum absolute atomic E-state index is 12.0. The van der Waals surface area contributed by atoms with Crippen molar-refractivity contribution in [1.82, 2.24) is 0 Å². The minimum atomic E-state index is -4.67. The van der Waals surface area contributed by atoms with Gasteiger partial charge in [-0.1, -0.05) is 18.2 Å². The van der Waals surface area contributed by atoms with E-state index in [9.17, 15) is 17.4 Å². The van der Waals surface area contributed by atoms with Crippen molar-refractivity contribution >= 4 is 10.8 Å². The Bertz CT molecular complexity index is 332. The second-order valence-electron chi connectivity index (χ2n) is 2.48. The average Bonchev–Trinajstić information content (AvgIpc) is 2.02. The van der Waals surface area contributed by atoms with Crippen LogP contribution in [0.25, 0.3) is 0 Å². The van der Waals surface area contributed by atoms with Gasteiger partial charge in [-0.05, 0) is 18.6 Å². The third-order valence-electron chi connectivity index (χ3n) is 1.50. The van der Waals surface area contributed by atoms with Crippen LogP contribution in [-0.4, -0.2) is 9.72 Å². The van der Waals surface area contributed by atoms with E-state index in [4.69, 9.17) is 0 Å². The molecule has 1 aromatic rings. The molecule has 0 aromatic heterocycles. The van der Waals surface area contributed by atoms with Crippen LogP contribution in [0.4, 0.5) is 13.2 Å². The number of aryl methyl sites for hydroxylation is 1. The molecule has 0 fully saturated rings. The van der Waals surface area contributed by atoms with E-state index >= 15 is 0 Å². The highest BCUT2D eigenvalue weighted by Gasteiger charge is 2.38. The number of halogens is 3. The van der Waals surface area contributed by atoms with Crippen LogP contribution in [0.2, 0.25) is 0 Å². The van der Waals surface area contributed by atoms with Crippen molar-refractivity contribution in [3.8, 4) is 0 Å². The zero-order chi connectivity index (χ0) is 10.1. The van der Waals surface area contributed by atoms with Crippen LogP contribution in [0.3, 0.4) is 0 Å². The summed E-state index contributed by atoms with van der Waals surface area (Å²) in [5, 5.41) is 0. The fourth-order valence-corrected chi connectivity index (χ4v) is 1.70. The fraction of sp³-hybridized carbons (Fsp3) is 0.250. The molecule has 0 heterocycles. The summed E-state index contributed by atoms with van der Waals surface area (Å²) in [5.41, 5.74) is -4.29. The van der Waals surface area contributed by atoms with Crippen molar-refractivity contribution in [2.45, 2.75) is 17.3 Å². The van der Waals surface area contributed by atoms with Gasteiger partial charge in [-0.2, -0.15) is 13.2 Å². The summed E-state index contributed by atoms with van der Waals surface area (Å²) in [5.74, 6) is 0. The molecule has 1 aromatic carbocycles. The Morgan fingerprint density at radius 2 is 1.77 bits per heavy atom. The lowest BCUT2D eigenvalue weighted by atomic mass is 10.2. The molecule has 0 aliphatic rings. The predicted molar refractivity (Wildman–Crippen MR) is 43.6 cm³/mol. The van der Waals surface area contributed by atoms with Crippen LogP contribution in [-0.2, 0) is 10.8 Å². The molecule has 1 atom stereocenters. The van der Waals surface area contributed by atoms with E-state index in [0.29, 0.717) is 5.56 Å². The normalized spacial score (nSPS) is 14.2. The van der Waals surface area contributed by atoms with Gasteiger partial charge in [-0.25, -0.2) is 4.21 Å². The van der Waals surface area contributed by atoms with E-state index in [1.54, 1.807) is 6.07 Å². The lowest BCUT2D eigenvalue weighted by molar-refractivity contribution is -0.0384. The summed E-state index contributed by atoms with van der Waals surface area (Å²) in [7, 11) is -2.91. The Morgan fingerprint density at radius 3 is 2.23 bits per heavy atom. The highest BCUT2D eigenvalue weighted by atomic mass is 32.2. The van der Waals surface area contributed by atoms with Gasteiger partial charge < -0.3 is 0 Å². The van der Waals surface area contributed by atoms with E-state index in [0.717, 1.165) is 0 Å².